The third kappa shape index (κ3) is 3.19. The lowest BCUT2D eigenvalue weighted by molar-refractivity contribution is -0.124. The first-order valence-electron chi connectivity index (χ1n) is 9.52. The number of amides is 1. The molecule has 1 unspecified atom stereocenters. The van der Waals surface area contributed by atoms with Crippen LogP contribution >= 0.6 is 0 Å². The molecule has 1 amide bonds. The van der Waals surface area contributed by atoms with Crippen molar-refractivity contribution in [2.24, 2.45) is 10.9 Å². The van der Waals surface area contributed by atoms with Gasteiger partial charge in [0.25, 0.3) is 0 Å². The number of hydrogen-bond acceptors (Lipinski definition) is 5. The summed E-state index contributed by atoms with van der Waals surface area (Å²) in [5.74, 6) is -0.137. The number of nitrogens with zero attached hydrogens (tertiary/aromatic N) is 4. The number of nitriles is 1. The van der Waals surface area contributed by atoms with Crippen LogP contribution in [0.2, 0.25) is 0 Å². The van der Waals surface area contributed by atoms with Crippen LogP contribution in [-0.2, 0) is 11.3 Å². The standard InChI is InChI=1S/C20H25N5O/c21-14-17-18(26)22-19(23-20(17)8-4-5-9-20)25-12-10-24(11-13-25)15-16-6-2-1-3-7-16/h1-3,6-7,17H,4-5,8-13,15H2,(H,22,23,26). The van der Waals surface area contributed by atoms with Gasteiger partial charge in [-0.2, -0.15) is 5.26 Å². The predicted octanol–water partition coefficient (Wildman–Crippen LogP) is 1.74. The van der Waals surface area contributed by atoms with Crippen LogP contribution in [0.15, 0.2) is 35.3 Å². The minimum Gasteiger partial charge on any atom is -0.340 e. The molecular formula is C20H25N5O. The van der Waals surface area contributed by atoms with E-state index in [0.29, 0.717) is 5.96 Å². The highest BCUT2D eigenvalue weighted by Crippen LogP contribution is 2.41. The number of piperazine rings is 1. The molecule has 2 aliphatic heterocycles. The fourth-order valence-corrected chi connectivity index (χ4v) is 4.41. The third-order valence-corrected chi connectivity index (χ3v) is 5.88. The summed E-state index contributed by atoms with van der Waals surface area (Å²) in [4.78, 5) is 22.0. The van der Waals surface area contributed by atoms with Crippen LogP contribution in [0.3, 0.4) is 0 Å². The molecule has 1 aliphatic carbocycles. The van der Waals surface area contributed by atoms with Crippen molar-refractivity contribution in [3.05, 3.63) is 35.9 Å². The number of nitrogens with one attached hydrogen (secondary N) is 1. The molecule has 1 aromatic rings. The molecule has 2 fully saturated rings. The first kappa shape index (κ1) is 17.0. The summed E-state index contributed by atoms with van der Waals surface area (Å²) in [6.07, 6.45) is 3.78. The Morgan fingerprint density at radius 2 is 1.85 bits per heavy atom. The summed E-state index contributed by atoms with van der Waals surface area (Å²) in [5.41, 5.74) is 0.833. The predicted molar refractivity (Wildman–Crippen MR) is 99.2 cm³/mol. The number of benzene rings is 1. The maximum atomic E-state index is 12.5. The Hall–Kier alpha value is -2.39. The molecule has 26 heavy (non-hydrogen) atoms. The van der Waals surface area contributed by atoms with E-state index in [0.717, 1.165) is 58.4 Å². The summed E-state index contributed by atoms with van der Waals surface area (Å²) < 4.78 is 0. The number of guanidine groups is 1. The van der Waals surface area contributed by atoms with Crippen molar-refractivity contribution in [1.29, 1.82) is 5.26 Å². The lowest BCUT2D eigenvalue weighted by atomic mass is 9.82. The first-order chi connectivity index (χ1) is 12.7. The number of carbonyl (C=O) groups is 1. The second-order valence-electron chi connectivity index (χ2n) is 7.55. The second-order valence-corrected chi connectivity index (χ2v) is 7.55. The van der Waals surface area contributed by atoms with Gasteiger partial charge in [0.2, 0.25) is 11.9 Å². The molecular weight excluding hydrogens is 326 g/mol. The van der Waals surface area contributed by atoms with Gasteiger partial charge in [0, 0.05) is 32.7 Å². The van der Waals surface area contributed by atoms with Crippen LogP contribution < -0.4 is 5.32 Å². The summed E-state index contributed by atoms with van der Waals surface area (Å²) in [6.45, 7) is 4.53. The maximum absolute atomic E-state index is 12.5. The van der Waals surface area contributed by atoms with Crippen LogP contribution in [0.4, 0.5) is 0 Å². The highest BCUT2D eigenvalue weighted by molar-refractivity contribution is 6.02. The summed E-state index contributed by atoms with van der Waals surface area (Å²) in [7, 11) is 0. The Balaban J connectivity index is 1.43. The molecule has 1 aromatic carbocycles. The molecule has 3 aliphatic rings. The van der Waals surface area contributed by atoms with Gasteiger partial charge >= 0.3 is 0 Å². The van der Waals surface area contributed by atoms with E-state index < -0.39 is 11.5 Å². The van der Waals surface area contributed by atoms with Gasteiger partial charge in [-0.3, -0.25) is 15.0 Å². The zero-order valence-electron chi connectivity index (χ0n) is 15.0. The molecule has 0 radical (unpaired) electrons. The van der Waals surface area contributed by atoms with Gasteiger partial charge in [-0.1, -0.05) is 43.2 Å². The van der Waals surface area contributed by atoms with Crippen molar-refractivity contribution in [2.75, 3.05) is 26.2 Å². The fraction of sp³-hybridized carbons (Fsp3) is 0.550. The van der Waals surface area contributed by atoms with Crippen LogP contribution in [0.5, 0.6) is 0 Å². The molecule has 1 saturated carbocycles. The zero-order chi connectivity index (χ0) is 18.0. The highest BCUT2D eigenvalue weighted by atomic mass is 16.2. The van der Waals surface area contributed by atoms with Gasteiger partial charge in [-0.05, 0) is 18.4 Å². The van der Waals surface area contributed by atoms with Crippen molar-refractivity contribution >= 4 is 11.9 Å². The average molecular weight is 351 g/mol. The molecule has 4 rings (SSSR count). The fourth-order valence-electron chi connectivity index (χ4n) is 4.41. The van der Waals surface area contributed by atoms with Crippen LogP contribution in [0, 0.1) is 17.2 Å². The van der Waals surface area contributed by atoms with Crippen LogP contribution in [-0.4, -0.2) is 53.4 Å². The number of aliphatic imine (C=N–C) groups is 1. The molecule has 6 nitrogen and oxygen atoms in total. The van der Waals surface area contributed by atoms with Crippen molar-refractivity contribution < 1.29 is 4.79 Å². The van der Waals surface area contributed by atoms with Crippen molar-refractivity contribution in [2.45, 2.75) is 37.8 Å². The van der Waals surface area contributed by atoms with Gasteiger partial charge in [-0.15, -0.1) is 0 Å². The van der Waals surface area contributed by atoms with E-state index >= 15 is 0 Å². The maximum Gasteiger partial charge on any atom is 0.246 e. The lowest BCUT2D eigenvalue weighted by Gasteiger charge is -2.41. The Bertz CT molecular complexity index is 724. The number of carbonyl (C=O) groups excluding carboxylic acids is 1. The Kier molecular flexibility index (Phi) is 4.64. The molecule has 2 heterocycles. The minimum atomic E-state index is -0.645. The van der Waals surface area contributed by atoms with E-state index in [1.54, 1.807) is 0 Å². The normalized spacial score (nSPS) is 25.7. The van der Waals surface area contributed by atoms with E-state index in [1.165, 1.54) is 5.56 Å². The Labute approximate surface area is 154 Å². The second kappa shape index (κ2) is 7.08. The van der Waals surface area contributed by atoms with Gasteiger partial charge in [0.05, 0.1) is 11.6 Å². The topological polar surface area (TPSA) is 71.7 Å². The zero-order valence-corrected chi connectivity index (χ0v) is 15.0. The Morgan fingerprint density at radius 3 is 2.50 bits per heavy atom. The van der Waals surface area contributed by atoms with E-state index in [1.807, 2.05) is 6.07 Å². The summed E-state index contributed by atoms with van der Waals surface area (Å²) >= 11 is 0. The first-order valence-corrected chi connectivity index (χ1v) is 9.52. The molecule has 1 spiro atoms. The molecule has 136 valence electrons. The van der Waals surface area contributed by atoms with Crippen molar-refractivity contribution in [3.63, 3.8) is 0 Å². The van der Waals surface area contributed by atoms with Gasteiger partial charge in [-0.25, -0.2) is 4.99 Å². The SMILES string of the molecule is N#CC1C(=O)NC(N2CCN(Cc3ccccc3)CC2)=NC12CCCC2. The largest absolute Gasteiger partial charge is 0.340 e. The van der Waals surface area contributed by atoms with E-state index in [4.69, 9.17) is 4.99 Å². The van der Waals surface area contributed by atoms with Gasteiger partial charge in [0.1, 0.15) is 0 Å². The van der Waals surface area contributed by atoms with Gasteiger partial charge < -0.3 is 4.90 Å². The highest BCUT2D eigenvalue weighted by Gasteiger charge is 2.49. The number of rotatable bonds is 2. The minimum absolute atomic E-state index is 0.175. The van der Waals surface area contributed by atoms with E-state index in [2.05, 4.69) is 45.5 Å². The van der Waals surface area contributed by atoms with Crippen LogP contribution in [0.1, 0.15) is 31.2 Å². The number of hydrogen-bond donors (Lipinski definition) is 1. The molecule has 1 atom stereocenters. The average Bonchev–Trinajstić information content (AvgIpc) is 3.11. The molecule has 0 aromatic heterocycles. The molecule has 0 bridgehead atoms. The lowest BCUT2D eigenvalue weighted by Crippen LogP contribution is -2.59. The smallest absolute Gasteiger partial charge is 0.246 e. The Morgan fingerprint density at radius 1 is 1.15 bits per heavy atom. The van der Waals surface area contributed by atoms with Crippen LogP contribution in [0.25, 0.3) is 0 Å². The quantitative estimate of drug-likeness (QED) is 0.881. The summed E-state index contributed by atoms with van der Waals surface area (Å²) in [6, 6.07) is 12.7. The van der Waals surface area contributed by atoms with E-state index in [-0.39, 0.29) is 5.91 Å². The van der Waals surface area contributed by atoms with Crippen molar-refractivity contribution in [1.82, 2.24) is 15.1 Å². The molecule has 6 heteroatoms. The molecule has 1 N–H and O–H groups in total. The van der Waals surface area contributed by atoms with Gasteiger partial charge in [0.15, 0.2) is 5.92 Å². The molecule has 1 saturated heterocycles. The van der Waals surface area contributed by atoms with Crippen molar-refractivity contribution in [3.8, 4) is 6.07 Å². The third-order valence-electron chi connectivity index (χ3n) is 5.88. The van der Waals surface area contributed by atoms with E-state index in [9.17, 15) is 10.1 Å². The monoisotopic (exact) mass is 351 g/mol. The summed E-state index contributed by atoms with van der Waals surface area (Å²) in [5, 5.41) is 12.4.